The van der Waals surface area contributed by atoms with E-state index in [1.54, 1.807) is 0 Å². The van der Waals surface area contributed by atoms with E-state index in [2.05, 4.69) is 4.98 Å². The minimum atomic E-state index is 0.543. The monoisotopic (exact) mass is 158 g/mol. The number of hydrogen-bond acceptors (Lipinski definition) is 1. The lowest BCUT2D eigenvalue weighted by Crippen LogP contribution is -1.86. The van der Waals surface area contributed by atoms with E-state index in [0.29, 0.717) is 6.04 Å². The lowest BCUT2D eigenvalue weighted by Gasteiger charge is -1.98. The minimum absolute atomic E-state index is 0.543. The predicted molar refractivity (Wildman–Crippen MR) is 51.1 cm³/mol. The highest BCUT2D eigenvalue weighted by molar-refractivity contribution is 5.78. The van der Waals surface area contributed by atoms with Crippen molar-refractivity contribution in [1.29, 1.82) is 0 Å². The van der Waals surface area contributed by atoms with Crippen LogP contribution in [0.25, 0.3) is 10.9 Å². The van der Waals surface area contributed by atoms with Crippen molar-refractivity contribution < 1.29 is 1.37 Å². The summed E-state index contributed by atoms with van der Waals surface area (Å²) in [7, 11) is 0. The summed E-state index contributed by atoms with van der Waals surface area (Å²) in [6.07, 6.45) is 0.823. The van der Waals surface area contributed by atoms with E-state index in [1.807, 2.05) is 37.3 Å². The number of pyridine rings is 1. The van der Waals surface area contributed by atoms with Gasteiger partial charge in [0.1, 0.15) is 0 Å². The maximum absolute atomic E-state index is 7.69. The van der Waals surface area contributed by atoms with Crippen LogP contribution < -0.4 is 0 Å². The number of rotatable bonds is 1. The summed E-state index contributed by atoms with van der Waals surface area (Å²) in [4.78, 5) is 4.41. The van der Waals surface area contributed by atoms with Crippen LogP contribution in [-0.2, 0) is 6.42 Å². The zero-order valence-corrected chi connectivity index (χ0v) is 7.04. The topological polar surface area (TPSA) is 12.9 Å². The van der Waals surface area contributed by atoms with Gasteiger partial charge in [0, 0.05) is 11.1 Å². The Balaban J connectivity index is 2.74. The Morgan fingerprint density at radius 3 is 3.00 bits per heavy atom. The molecule has 0 unspecified atom stereocenters. The number of aryl methyl sites for hydroxylation is 1. The van der Waals surface area contributed by atoms with Gasteiger partial charge in [-0.05, 0) is 18.5 Å². The molecule has 12 heavy (non-hydrogen) atoms. The molecule has 0 saturated heterocycles. The number of aromatic nitrogens is 1. The van der Waals surface area contributed by atoms with Gasteiger partial charge < -0.3 is 0 Å². The van der Waals surface area contributed by atoms with E-state index < -0.39 is 0 Å². The molecule has 0 N–H and O–H groups in total. The Kier molecular flexibility index (Phi) is 1.51. The molecule has 1 heteroatoms. The second-order valence-corrected chi connectivity index (χ2v) is 2.76. The Morgan fingerprint density at radius 1 is 1.33 bits per heavy atom. The van der Waals surface area contributed by atoms with Crippen molar-refractivity contribution in [2.24, 2.45) is 0 Å². The minimum Gasteiger partial charge on any atom is -0.253 e. The summed E-state index contributed by atoms with van der Waals surface area (Å²) in [5.74, 6) is 0. The molecular formula is C11H11N. The van der Waals surface area contributed by atoms with Crippen molar-refractivity contribution in [2.45, 2.75) is 13.3 Å². The number of fused-ring (bicyclic) bond motifs is 1. The lowest BCUT2D eigenvalue weighted by atomic mass is 10.2. The molecule has 0 spiro atoms. The molecule has 0 radical (unpaired) electrons. The second-order valence-electron chi connectivity index (χ2n) is 2.76. The van der Waals surface area contributed by atoms with Crippen molar-refractivity contribution in [1.82, 2.24) is 4.98 Å². The fourth-order valence-electron chi connectivity index (χ4n) is 1.23. The zero-order valence-electron chi connectivity index (χ0n) is 8.04. The van der Waals surface area contributed by atoms with Crippen LogP contribution in [0.2, 0.25) is 0 Å². The van der Waals surface area contributed by atoms with Gasteiger partial charge in [0.05, 0.1) is 6.89 Å². The molecule has 2 rings (SSSR count). The third kappa shape index (κ3) is 1.18. The smallest absolute Gasteiger partial charge is 0.0705 e. The van der Waals surface area contributed by atoms with Gasteiger partial charge in [0.25, 0.3) is 0 Å². The molecule has 0 aliphatic carbocycles. The summed E-state index contributed by atoms with van der Waals surface area (Å²) in [5.41, 5.74) is 1.86. The number of hydrogen-bond donors (Lipinski definition) is 0. The van der Waals surface area contributed by atoms with Gasteiger partial charge in [0.15, 0.2) is 0 Å². The maximum Gasteiger partial charge on any atom is 0.0705 e. The van der Waals surface area contributed by atoms with Crippen molar-refractivity contribution >= 4 is 10.9 Å². The molecule has 0 aliphatic heterocycles. The Hall–Kier alpha value is -1.37. The summed E-state index contributed by atoms with van der Waals surface area (Å²) in [6, 6.07) is 10.3. The van der Waals surface area contributed by atoms with E-state index in [-0.39, 0.29) is 0 Å². The molecule has 0 bridgehead atoms. The van der Waals surface area contributed by atoms with Crippen LogP contribution in [0.15, 0.2) is 36.4 Å². The van der Waals surface area contributed by atoms with Gasteiger partial charge in [-0.1, -0.05) is 31.2 Å². The van der Waals surface area contributed by atoms with Crippen LogP contribution in [0.3, 0.4) is 0 Å². The first-order valence-electron chi connectivity index (χ1n) is 4.66. The Morgan fingerprint density at radius 2 is 2.17 bits per heavy atom. The van der Waals surface area contributed by atoms with E-state index in [4.69, 9.17) is 1.37 Å². The highest BCUT2D eigenvalue weighted by Gasteiger charge is 1.93. The summed E-state index contributed by atoms with van der Waals surface area (Å²) in [5, 5.41) is 1.05. The first-order valence-corrected chi connectivity index (χ1v) is 4.16. The highest BCUT2D eigenvalue weighted by Crippen LogP contribution is 2.11. The highest BCUT2D eigenvalue weighted by atomic mass is 14.7. The largest absolute Gasteiger partial charge is 0.253 e. The fourth-order valence-corrected chi connectivity index (χ4v) is 1.23. The van der Waals surface area contributed by atoms with Gasteiger partial charge in [-0.25, -0.2) is 0 Å². The van der Waals surface area contributed by atoms with E-state index in [0.717, 1.165) is 23.0 Å². The number of para-hydroxylation sites is 1. The van der Waals surface area contributed by atoms with Gasteiger partial charge in [-0.15, -0.1) is 0 Å². The Bertz CT molecular complexity index is 437. The van der Waals surface area contributed by atoms with Gasteiger partial charge in [-0.3, -0.25) is 4.98 Å². The van der Waals surface area contributed by atoms with Gasteiger partial charge in [-0.2, -0.15) is 0 Å². The molecule has 1 nitrogen and oxygen atoms in total. The lowest BCUT2D eigenvalue weighted by molar-refractivity contribution is 1.06. The van der Waals surface area contributed by atoms with Crippen molar-refractivity contribution in [2.75, 3.05) is 0 Å². The molecule has 0 atom stereocenters. The van der Waals surface area contributed by atoms with Crippen molar-refractivity contribution in [3.8, 4) is 0 Å². The average Bonchev–Trinajstić information content (AvgIpc) is 2.17. The van der Waals surface area contributed by atoms with Crippen LogP contribution in [-0.4, -0.2) is 4.98 Å². The van der Waals surface area contributed by atoms with Crippen LogP contribution in [0.4, 0.5) is 0 Å². The molecule has 60 valence electrons. The molecule has 1 aromatic heterocycles. The molecule has 1 aromatic carbocycles. The summed E-state index contributed by atoms with van der Waals surface area (Å²) >= 11 is 0. The normalized spacial score (nSPS) is 11.6. The third-order valence-electron chi connectivity index (χ3n) is 1.92. The van der Waals surface area contributed by atoms with E-state index >= 15 is 0 Å². The van der Waals surface area contributed by atoms with Crippen molar-refractivity contribution in [3.05, 3.63) is 42.1 Å². The quantitative estimate of drug-likeness (QED) is 0.622. The first-order chi connectivity index (χ1) is 6.31. The third-order valence-corrected chi connectivity index (χ3v) is 1.92. The molecule has 0 saturated carbocycles. The molecule has 0 aliphatic rings. The van der Waals surface area contributed by atoms with E-state index in [1.165, 1.54) is 0 Å². The maximum atomic E-state index is 7.69. The zero-order chi connectivity index (χ0) is 9.26. The van der Waals surface area contributed by atoms with E-state index in [9.17, 15) is 0 Å². The summed E-state index contributed by atoms with van der Waals surface area (Å²) in [6.45, 7) is 2.02. The fraction of sp³-hybridized carbons (Fsp3) is 0.182. The number of nitrogens with zero attached hydrogens (tertiary/aromatic N) is 1. The molecular weight excluding hydrogens is 146 g/mol. The first kappa shape index (κ1) is 6.18. The second kappa shape index (κ2) is 2.94. The van der Waals surface area contributed by atoms with Gasteiger partial charge >= 0.3 is 0 Å². The average molecular weight is 158 g/mol. The van der Waals surface area contributed by atoms with Crippen LogP contribution in [0.5, 0.6) is 0 Å². The molecule has 2 aromatic rings. The number of benzene rings is 1. The predicted octanol–water partition coefficient (Wildman–Crippen LogP) is 2.80. The standard InChI is InChI=1S/C11H11N/c1-2-10-8-7-9-5-3-4-6-11(9)12-10/h3-8H,2H2,1H3/i8D. The van der Waals surface area contributed by atoms with Gasteiger partial charge in [0.2, 0.25) is 0 Å². The van der Waals surface area contributed by atoms with Crippen LogP contribution in [0.1, 0.15) is 14.0 Å². The molecule has 1 heterocycles. The van der Waals surface area contributed by atoms with Crippen LogP contribution >= 0.6 is 0 Å². The van der Waals surface area contributed by atoms with Crippen molar-refractivity contribution in [3.63, 3.8) is 0 Å². The molecule has 0 amide bonds. The SMILES string of the molecule is [2H]c1cc2ccccc2nc1CC. The summed E-state index contributed by atoms with van der Waals surface area (Å²) < 4.78 is 7.69. The molecule has 0 fully saturated rings. The van der Waals surface area contributed by atoms with Crippen LogP contribution in [0, 0.1) is 0 Å². The Labute approximate surface area is 73.5 Å².